The molecule has 0 N–H and O–H groups in total. The zero-order chi connectivity index (χ0) is 24.6. The average Bonchev–Trinajstić information content (AvgIpc) is 2.70. The zero-order valence-corrected chi connectivity index (χ0v) is 19.4. The average molecular weight is 502 g/mol. The Balaban J connectivity index is 0.000000602. The number of carboxylic acids is 2. The van der Waals surface area contributed by atoms with Gasteiger partial charge in [-0.2, -0.15) is 0 Å². The number of aryl methyl sites for hydroxylation is 2. The molecule has 0 saturated carbocycles. The number of esters is 2. The smallest absolute Gasteiger partial charge is 0.545 e. The molecule has 0 atom stereocenters. The van der Waals surface area contributed by atoms with Gasteiger partial charge in [-0.15, -0.1) is 0 Å². The van der Waals surface area contributed by atoms with Crippen molar-refractivity contribution >= 4 is 23.9 Å². The van der Waals surface area contributed by atoms with Crippen molar-refractivity contribution < 1.29 is 55.9 Å². The standard InChI is InChI=1S/2C12H12O4.Cu/c2*1-7(2)12(15)16-10-8(3)5-4-6-9(10)11(13)14;/h2*4-6H,1H2,2-3H3,(H,13,14);/q;;+2/p-2. The molecule has 0 bridgehead atoms. The van der Waals surface area contributed by atoms with E-state index in [1.165, 1.54) is 26.0 Å². The van der Waals surface area contributed by atoms with Crippen molar-refractivity contribution in [2.24, 2.45) is 0 Å². The molecule has 1 radical (unpaired) electrons. The molecule has 0 spiro atoms. The Morgan fingerprint density at radius 2 is 1.00 bits per heavy atom. The van der Waals surface area contributed by atoms with Crippen LogP contribution in [0, 0.1) is 13.8 Å². The van der Waals surface area contributed by atoms with E-state index in [2.05, 4.69) is 13.2 Å². The van der Waals surface area contributed by atoms with Crippen LogP contribution < -0.4 is 19.7 Å². The SMILES string of the molecule is C=C(C)C(=O)Oc1c(C)cccc1C(=O)[O-].C=C(C)C(=O)Oc1c(C)cccc1C(=O)[O-].[Cu+2]. The molecule has 2 aromatic carbocycles. The van der Waals surface area contributed by atoms with Gasteiger partial charge in [0.2, 0.25) is 0 Å². The van der Waals surface area contributed by atoms with Gasteiger partial charge in [-0.05, 0) is 51.0 Å². The molecule has 2 rings (SSSR count). The number of carbonyl (C=O) groups is 4. The van der Waals surface area contributed by atoms with Gasteiger partial charge >= 0.3 is 29.0 Å². The molecule has 33 heavy (non-hydrogen) atoms. The van der Waals surface area contributed by atoms with Gasteiger partial charge in [0.05, 0.1) is 11.9 Å². The molecule has 0 heterocycles. The second kappa shape index (κ2) is 13.0. The van der Waals surface area contributed by atoms with E-state index in [4.69, 9.17) is 9.47 Å². The van der Waals surface area contributed by atoms with Crippen molar-refractivity contribution in [2.75, 3.05) is 0 Å². The quantitative estimate of drug-likeness (QED) is 0.252. The van der Waals surface area contributed by atoms with E-state index in [0.717, 1.165) is 0 Å². The van der Waals surface area contributed by atoms with E-state index < -0.39 is 23.9 Å². The van der Waals surface area contributed by atoms with Crippen molar-refractivity contribution in [3.8, 4) is 11.5 Å². The Kier molecular flexibility index (Phi) is 11.6. The maximum atomic E-state index is 11.3. The molecule has 0 amide bonds. The number of hydrogen-bond donors (Lipinski definition) is 0. The van der Waals surface area contributed by atoms with Crippen LogP contribution in [0.25, 0.3) is 0 Å². The normalized spacial score (nSPS) is 9.33. The number of para-hydroxylation sites is 2. The molecule has 8 nitrogen and oxygen atoms in total. The molecular weight excluding hydrogens is 480 g/mol. The van der Waals surface area contributed by atoms with Gasteiger partial charge in [0.15, 0.2) is 0 Å². The van der Waals surface area contributed by atoms with Crippen molar-refractivity contribution in [2.45, 2.75) is 27.7 Å². The van der Waals surface area contributed by atoms with Crippen LogP contribution in [0.15, 0.2) is 60.7 Å². The van der Waals surface area contributed by atoms with Crippen LogP contribution >= 0.6 is 0 Å². The third-order valence-electron chi connectivity index (χ3n) is 3.95. The number of carbonyl (C=O) groups excluding carboxylic acids is 4. The molecular formula is C24H22CuO8. The van der Waals surface area contributed by atoms with E-state index >= 15 is 0 Å². The fourth-order valence-corrected chi connectivity index (χ4v) is 2.26. The third-order valence-corrected chi connectivity index (χ3v) is 3.95. The first kappa shape index (κ1) is 29.3. The Labute approximate surface area is 202 Å². The van der Waals surface area contributed by atoms with Crippen LogP contribution in [0.2, 0.25) is 0 Å². The van der Waals surface area contributed by atoms with E-state index in [9.17, 15) is 29.4 Å². The monoisotopic (exact) mass is 501 g/mol. The number of ether oxygens (including phenoxy) is 2. The van der Waals surface area contributed by atoms with Gasteiger partial charge in [0.25, 0.3) is 0 Å². The molecule has 9 heteroatoms. The topological polar surface area (TPSA) is 133 Å². The Hall–Kier alpha value is -3.68. The Morgan fingerprint density at radius 1 is 0.697 bits per heavy atom. The largest absolute Gasteiger partial charge is 2.00 e. The Morgan fingerprint density at radius 3 is 1.24 bits per heavy atom. The maximum Gasteiger partial charge on any atom is 2.00 e. The fraction of sp³-hybridized carbons (Fsp3) is 0.167. The molecule has 177 valence electrons. The van der Waals surface area contributed by atoms with Crippen molar-refractivity contribution in [1.29, 1.82) is 0 Å². The van der Waals surface area contributed by atoms with Gasteiger partial charge in [0.1, 0.15) is 11.5 Å². The molecule has 0 unspecified atom stereocenters. The number of carboxylic acid groups (broad SMARTS) is 2. The second-order valence-electron chi connectivity index (χ2n) is 6.82. The fourth-order valence-electron chi connectivity index (χ4n) is 2.26. The zero-order valence-electron chi connectivity index (χ0n) is 18.4. The second-order valence-corrected chi connectivity index (χ2v) is 6.82. The van der Waals surface area contributed by atoms with Crippen LogP contribution in [0.1, 0.15) is 45.7 Å². The number of benzene rings is 2. The summed E-state index contributed by atoms with van der Waals surface area (Å²) in [6.45, 7) is 13.1. The first-order chi connectivity index (χ1) is 14.9. The van der Waals surface area contributed by atoms with E-state index in [1.807, 2.05) is 0 Å². The van der Waals surface area contributed by atoms with Crippen LogP contribution in [-0.2, 0) is 26.7 Å². The molecule has 0 saturated heterocycles. The number of hydrogen-bond acceptors (Lipinski definition) is 8. The summed E-state index contributed by atoms with van der Waals surface area (Å²) < 4.78 is 9.88. The van der Waals surface area contributed by atoms with E-state index in [-0.39, 0.29) is 50.8 Å². The molecule has 2 aromatic rings. The molecule has 0 aliphatic heterocycles. The summed E-state index contributed by atoms with van der Waals surface area (Å²) in [5.41, 5.74) is 1.22. The first-order valence-electron chi connectivity index (χ1n) is 9.24. The van der Waals surface area contributed by atoms with Crippen LogP contribution in [0.5, 0.6) is 11.5 Å². The Bertz CT molecular complexity index is 1010. The third kappa shape index (κ3) is 8.40. The summed E-state index contributed by atoms with van der Waals surface area (Å²) in [5, 5.41) is 21.6. The van der Waals surface area contributed by atoms with Crippen LogP contribution in [0.3, 0.4) is 0 Å². The van der Waals surface area contributed by atoms with E-state index in [0.29, 0.717) is 11.1 Å². The summed E-state index contributed by atoms with van der Waals surface area (Å²) in [6.07, 6.45) is 0. The molecule has 0 aliphatic carbocycles. The van der Waals surface area contributed by atoms with Crippen LogP contribution in [0.4, 0.5) is 0 Å². The van der Waals surface area contributed by atoms with Crippen LogP contribution in [-0.4, -0.2) is 23.9 Å². The summed E-state index contributed by atoms with van der Waals surface area (Å²) in [5.74, 6) is -4.05. The predicted octanol–water partition coefficient (Wildman–Crippen LogP) is 1.68. The first-order valence-corrected chi connectivity index (χ1v) is 9.24. The summed E-state index contributed by atoms with van der Waals surface area (Å²) in [6, 6.07) is 9.05. The van der Waals surface area contributed by atoms with Gasteiger partial charge in [-0.25, -0.2) is 9.59 Å². The number of aromatic carboxylic acids is 2. The van der Waals surface area contributed by atoms with Gasteiger partial charge in [-0.1, -0.05) is 37.4 Å². The van der Waals surface area contributed by atoms with Crippen molar-refractivity contribution in [3.05, 3.63) is 83.0 Å². The number of rotatable bonds is 6. The summed E-state index contributed by atoms with van der Waals surface area (Å²) >= 11 is 0. The van der Waals surface area contributed by atoms with Crippen molar-refractivity contribution in [3.63, 3.8) is 0 Å². The summed E-state index contributed by atoms with van der Waals surface area (Å²) in [4.78, 5) is 44.2. The predicted molar refractivity (Wildman–Crippen MR) is 112 cm³/mol. The van der Waals surface area contributed by atoms with E-state index in [1.54, 1.807) is 38.1 Å². The van der Waals surface area contributed by atoms with Crippen molar-refractivity contribution in [1.82, 2.24) is 0 Å². The molecule has 0 aromatic heterocycles. The molecule has 0 fully saturated rings. The maximum absolute atomic E-state index is 11.3. The minimum absolute atomic E-state index is 0. The van der Waals surface area contributed by atoms with Gasteiger partial charge in [0, 0.05) is 22.3 Å². The van der Waals surface area contributed by atoms with Gasteiger partial charge in [-0.3, -0.25) is 0 Å². The summed E-state index contributed by atoms with van der Waals surface area (Å²) in [7, 11) is 0. The van der Waals surface area contributed by atoms with Gasteiger partial charge < -0.3 is 29.3 Å². The minimum atomic E-state index is -1.38. The molecule has 0 aliphatic rings. The minimum Gasteiger partial charge on any atom is -0.545 e.